The second kappa shape index (κ2) is 5.48. The van der Waals surface area contributed by atoms with E-state index in [1.807, 2.05) is 0 Å². The van der Waals surface area contributed by atoms with Crippen LogP contribution in [0, 0.1) is 37.4 Å². The van der Waals surface area contributed by atoms with Gasteiger partial charge in [0.15, 0.2) is 0 Å². The zero-order chi connectivity index (χ0) is 14.3. The third-order valence-corrected chi connectivity index (χ3v) is 5.24. The van der Waals surface area contributed by atoms with E-state index in [2.05, 4.69) is 26.1 Å². The van der Waals surface area contributed by atoms with Gasteiger partial charge >= 0.3 is 0 Å². The largest absolute Gasteiger partial charge is 0.310 e. The average Bonchev–Trinajstić information content (AvgIpc) is 2.99. The summed E-state index contributed by atoms with van der Waals surface area (Å²) < 4.78 is 13.5. The van der Waals surface area contributed by atoms with Crippen molar-refractivity contribution >= 4 is 0 Å². The van der Waals surface area contributed by atoms with Gasteiger partial charge in [0.25, 0.3) is 0 Å². The zero-order valence-electron chi connectivity index (χ0n) is 12.9. The molecule has 2 saturated carbocycles. The first-order valence-corrected chi connectivity index (χ1v) is 8.10. The first-order valence-electron chi connectivity index (χ1n) is 8.10. The molecule has 0 radical (unpaired) electrons. The summed E-state index contributed by atoms with van der Waals surface area (Å²) in [5, 5.41) is 3.75. The van der Waals surface area contributed by atoms with E-state index in [9.17, 15) is 4.39 Å². The summed E-state index contributed by atoms with van der Waals surface area (Å²) in [4.78, 5) is 0. The van der Waals surface area contributed by atoms with Gasteiger partial charge in [-0.1, -0.05) is 6.92 Å². The fourth-order valence-electron chi connectivity index (χ4n) is 4.25. The SMILES string of the molecule is CCCNC(c1c(C)cc(F)cc1C)C1CC2CC2C1. The number of hydrogen-bond donors (Lipinski definition) is 1. The molecule has 1 aromatic carbocycles. The van der Waals surface area contributed by atoms with Gasteiger partial charge in [-0.2, -0.15) is 0 Å². The molecule has 2 fully saturated rings. The molecule has 0 aromatic heterocycles. The first kappa shape index (κ1) is 14.1. The maximum absolute atomic E-state index is 13.5. The highest BCUT2D eigenvalue weighted by molar-refractivity contribution is 5.37. The highest BCUT2D eigenvalue weighted by Gasteiger charge is 2.48. The molecule has 0 aliphatic heterocycles. The Hall–Kier alpha value is -0.890. The molecule has 0 saturated heterocycles. The zero-order valence-corrected chi connectivity index (χ0v) is 12.9. The number of benzene rings is 1. The van der Waals surface area contributed by atoms with Crippen LogP contribution < -0.4 is 5.32 Å². The van der Waals surface area contributed by atoms with Crippen LogP contribution in [-0.2, 0) is 0 Å². The Morgan fingerprint density at radius 3 is 2.30 bits per heavy atom. The van der Waals surface area contributed by atoms with Crippen molar-refractivity contribution in [2.75, 3.05) is 6.54 Å². The topological polar surface area (TPSA) is 12.0 Å². The van der Waals surface area contributed by atoms with Crippen LogP contribution in [0.3, 0.4) is 0 Å². The predicted octanol–water partition coefficient (Wildman–Crippen LogP) is 4.53. The Balaban J connectivity index is 1.88. The summed E-state index contributed by atoms with van der Waals surface area (Å²) in [7, 11) is 0. The Morgan fingerprint density at radius 2 is 1.75 bits per heavy atom. The van der Waals surface area contributed by atoms with Crippen molar-refractivity contribution in [3.05, 3.63) is 34.6 Å². The predicted molar refractivity (Wildman–Crippen MR) is 81.2 cm³/mol. The average molecular weight is 275 g/mol. The van der Waals surface area contributed by atoms with Crippen LogP contribution in [0.25, 0.3) is 0 Å². The van der Waals surface area contributed by atoms with Crippen molar-refractivity contribution < 1.29 is 4.39 Å². The number of nitrogens with one attached hydrogen (secondary N) is 1. The van der Waals surface area contributed by atoms with Crippen molar-refractivity contribution in [1.82, 2.24) is 5.32 Å². The molecule has 2 heteroatoms. The van der Waals surface area contributed by atoms with E-state index >= 15 is 0 Å². The molecular weight excluding hydrogens is 249 g/mol. The van der Waals surface area contributed by atoms with Crippen LogP contribution >= 0.6 is 0 Å². The van der Waals surface area contributed by atoms with Crippen LogP contribution in [-0.4, -0.2) is 6.54 Å². The summed E-state index contributed by atoms with van der Waals surface area (Å²) in [5.41, 5.74) is 3.57. The number of aryl methyl sites for hydroxylation is 2. The molecule has 20 heavy (non-hydrogen) atoms. The summed E-state index contributed by atoms with van der Waals surface area (Å²) in [6.45, 7) is 7.37. The Morgan fingerprint density at radius 1 is 1.15 bits per heavy atom. The van der Waals surface area contributed by atoms with E-state index < -0.39 is 0 Å². The number of rotatable bonds is 5. The van der Waals surface area contributed by atoms with Crippen LogP contribution in [0.2, 0.25) is 0 Å². The Kier molecular flexibility index (Phi) is 3.85. The molecular formula is C18H26FN. The molecule has 3 rings (SSSR count). The normalized spacial score (nSPS) is 29.3. The van der Waals surface area contributed by atoms with Gasteiger partial charge in [-0.3, -0.25) is 0 Å². The summed E-state index contributed by atoms with van der Waals surface area (Å²) in [6, 6.07) is 3.81. The minimum absolute atomic E-state index is 0.104. The van der Waals surface area contributed by atoms with E-state index in [-0.39, 0.29) is 5.82 Å². The quantitative estimate of drug-likeness (QED) is 0.832. The monoisotopic (exact) mass is 275 g/mol. The minimum atomic E-state index is -0.104. The second-order valence-electron chi connectivity index (χ2n) is 6.87. The summed E-state index contributed by atoms with van der Waals surface area (Å²) in [5.74, 6) is 2.62. The lowest BCUT2D eigenvalue weighted by Crippen LogP contribution is -2.30. The number of halogens is 1. The standard InChI is InChI=1S/C18H26FN/c1-4-5-20-18(15-9-13-8-14(13)10-15)17-11(2)6-16(19)7-12(17)3/h6-7,13-15,18,20H,4-5,8-10H2,1-3H3. The molecule has 110 valence electrons. The van der Waals surface area contributed by atoms with Crippen molar-refractivity contribution in [3.63, 3.8) is 0 Å². The fourth-order valence-corrected chi connectivity index (χ4v) is 4.25. The van der Waals surface area contributed by atoms with Gasteiger partial charge < -0.3 is 5.32 Å². The maximum atomic E-state index is 13.5. The van der Waals surface area contributed by atoms with E-state index in [4.69, 9.17) is 0 Å². The third kappa shape index (κ3) is 2.63. The van der Waals surface area contributed by atoms with Crippen molar-refractivity contribution in [1.29, 1.82) is 0 Å². The smallest absolute Gasteiger partial charge is 0.123 e. The highest BCUT2D eigenvalue weighted by Crippen LogP contribution is 2.57. The van der Waals surface area contributed by atoms with Crippen molar-refractivity contribution in [2.24, 2.45) is 17.8 Å². The van der Waals surface area contributed by atoms with E-state index in [1.165, 1.54) is 24.8 Å². The van der Waals surface area contributed by atoms with Gasteiger partial charge in [-0.15, -0.1) is 0 Å². The molecule has 3 unspecified atom stereocenters. The molecule has 0 bridgehead atoms. The van der Waals surface area contributed by atoms with Gasteiger partial charge in [0, 0.05) is 6.04 Å². The van der Waals surface area contributed by atoms with Crippen LogP contribution in [0.1, 0.15) is 55.3 Å². The van der Waals surface area contributed by atoms with Gasteiger partial charge in [0.2, 0.25) is 0 Å². The van der Waals surface area contributed by atoms with Crippen LogP contribution in [0.4, 0.5) is 4.39 Å². The van der Waals surface area contributed by atoms with Gasteiger partial charge in [0.1, 0.15) is 5.82 Å². The Labute approximate surface area is 122 Å². The summed E-state index contributed by atoms with van der Waals surface area (Å²) in [6.07, 6.45) is 5.33. The molecule has 1 aromatic rings. The second-order valence-corrected chi connectivity index (χ2v) is 6.87. The van der Waals surface area contributed by atoms with Crippen molar-refractivity contribution in [2.45, 2.75) is 52.5 Å². The van der Waals surface area contributed by atoms with Crippen molar-refractivity contribution in [3.8, 4) is 0 Å². The lowest BCUT2D eigenvalue weighted by molar-refractivity contribution is 0.339. The molecule has 2 aliphatic rings. The van der Waals surface area contributed by atoms with Gasteiger partial charge in [-0.05, 0) is 92.7 Å². The maximum Gasteiger partial charge on any atom is 0.123 e. The van der Waals surface area contributed by atoms with Gasteiger partial charge in [-0.25, -0.2) is 4.39 Å². The lowest BCUT2D eigenvalue weighted by Gasteiger charge is -2.29. The summed E-state index contributed by atoms with van der Waals surface area (Å²) >= 11 is 0. The number of fused-ring (bicyclic) bond motifs is 1. The minimum Gasteiger partial charge on any atom is -0.310 e. The molecule has 2 aliphatic carbocycles. The van der Waals surface area contributed by atoms with Crippen LogP contribution in [0.15, 0.2) is 12.1 Å². The van der Waals surface area contributed by atoms with E-state index in [1.54, 1.807) is 12.1 Å². The molecule has 0 heterocycles. The Bertz CT molecular complexity index is 463. The number of hydrogen-bond acceptors (Lipinski definition) is 1. The first-order chi connectivity index (χ1) is 9.60. The van der Waals surface area contributed by atoms with Gasteiger partial charge in [0.05, 0.1) is 0 Å². The van der Waals surface area contributed by atoms with E-state index in [0.29, 0.717) is 6.04 Å². The third-order valence-electron chi connectivity index (χ3n) is 5.24. The molecule has 1 nitrogen and oxygen atoms in total. The van der Waals surface area contributed by atoms with Crippen LogP contribution in [0.5, 0.6) is 0 Å². The molecule has 0 amide bonds. The molecule has 3 atom stereocenters. The fraction of sp³-hybridized carbons (Fsp3) is 0.667. The molecule has 1 N–H and O–H groups in total. The molecule has 0 spiro atoms. The lowest BCUT2D eigenvalue weighted by atomic mass is 9.84. The van der Waals surface area contributed by atoms with E-state index in [0.717, 1.165) is 41.8 Å². The highest BCUT2D eigenvalue weighted by atomic mass is 19.1.